The lowest BCUT2D eigenvalue weighted by molar-refractivity contribution is -0.119. The van der Waals surface area contributed by atoms with Crippen LogP contribution in [0.2, 0.25) is 0 Å². The first-order valence-corrected chi connectivity index (χ1v) is 11.6. The first kappa shape index (κ1) is 21.8. The molecule has 11 heteroatoms. The van der Waals surface area contributed by atoms with Gasteiger partial charge in [-0.25, -0.2) is 15.0 Å². The Morgan fingerprint density at radius 1 is 1.16 bits per heavy atom. The summed E-state index contributed by atoms with van der Waals surface area (Å²) in [6.45, 7) is 3.50. The zero-order valence-corrected chi connectivity index (χ0v) is 19.1. The van der Waals surface area contributed by atoms with Crippen molar-refractivity contribution in [2.75, 3.05) is 11.6 Å². The van der Waals surface area contributed by atoms with Crippen LogP contribution in [0.25, 0.3) is 23.0 Å². The van der Waals surface area contributed by atoms with Gasteiger partial charge in [-0.05, 0) is 37.4 Å². The van der Waals surface area contributed by atoms with Crippen molar-refractivity contribution in [3.05, 3.63) is 52.9 Å². The van der Waals surface area contributed by atoms with Crippen LogP contribution in [0.3, 0.4) is 0 Å². The maximum atomic E-state index is 13.0. The van der Waals surface area contributed by atoms with Crippen molar-refractivity contribution in [2.45, 2.75) is 25.4 Å². The van der Waals surface area contributed by atoms with Crippen LogP contribution in [-0.4, -0.2) is 33.0 Å². The Hall–Kier alpha value is -3.44. The second-order valence-electron chi connectivity index (χ2n) is 6.66. The van der Waals surface area contributed by atoms with Crippen LogP contribution in [0.15, 0.2) is 49.8 Å². The summed E-state index contributed by atoms with van der Waals surface area (Å²) in [6.07, 6.45) is 3.40. The van der Waals surface area contributed by atoms with Crippen LogP contribution in [0.1, 0.15) is 28.7 Å². The molecule has 32 heavy (non-hydrogen) atoms. The molecule has 0 aliphatic heterocycles. The van der Waals surface area contributed by atoms with E-state index in [0.29, 0.717) is 56.8 Å². The van der Waals surface area contributed by atoms with Crippen LogP contribution in [-0.2, 0) is 11.3 Å². The fourth-order valence-electron chi connectivity index (χ4n) is 2.90. The number of aryl methyl sites for hydroxylation is 1. The fourth-order valence-corrected chi connectivity index (χ4v) is 4.21. The number of furan rings is 2. The molecule has 0 radical (unpaired) electrons. The number of thioether (sulfide) groups is 1. The lowest BCUT2D eigenvalue weighted by Gasteiger charge is -2.10. The van der Waals surface area contributed by atoms with E-state index in [2.05, 4.69) is 25.6 Å². The molecule has 4 rings (SSSR count). The molecule has 9 nitrogen and oxygen atoms in total. The van der Waals surface area contributed by atoms with E-state index >= 15 is 0 Å². The Balaban J connectivity index is 1.51. The Morgan fingerprint density at radius 2 is 2.00 bits per heavy atom. The summed E-state index contributed by atoms with van der Waals surface area (Å²) in [5, 5.41) is 8.25. The highest BCUT2D eigenvalue weighted by molar-refractivity contribution is 7.98. The van der Waals surface area contributed by atoms with Crippen LogP contribution in [0.4, 0.5) is 5.13 Å². The van der Waals surface area contributed by atoms with Gasteiger partial charge in [-0.2, -0.15) is 0 Å². The van der Waals surface area contributed by atoms with Crippen LogP contribution in [0, 0.1) is 6.92 Å². The molecule has 164 valence electrons. The van der Waals surface area contributed by atoms with E-state index in [0.717, 1.165) is 0 Å². The number of rotatable bonds is 7. The number of nitrogens with zero attached hydrogens (tertiary/aromatic N) is 3. The third-order valence-electron chi connectivity index (χ3n) is 4.37. The van der Waals surface area contributed by atoms with E-state index < -0.39 is 0 Å². The molecular formula is C21H19N5O4S2. The van der Waals surface area contributed by atoms with Gasteiger partial charge in [-0.15, -0.1) is 23.1 Å². The number of thiazole rings is 1. The van der Waals surface area contributed by atoms with Crippen molar-refractivity contribution >= 4 is 40.0 Å². The van der Waals surface area contributed by atoms with Gasteiger partial charge in [0.15, 0.2) is 22.5 Å². The molecule has 0 saturated carbocycles. The average Bonchev–Trinajstić information content (AvgIpc) is 3.52. The van der Waals surface area contributed by atoms with Crippen molar-refractivity contribution < 1.29 is 18.4 Å². The largest absolute Gasteiger partial charge is 0.461 e. The zero-order chi connectivity index (χ0) is 22.7. The molecular weight excluding hydrogens is 450 g/mol. The van der Waals surface area contributed by atoms with E-state index in [1.807, 2.05) is 6.26 Å². The quantitative estimate of drug-likeness (QED) is 0.302. The summed E-state index contributed by atoms with van der Waals surface area (Å²) in [5.41, 5.74) is 1.52. The van der Waals surface area contributed by atoms with E-state index in [9.17, 15) is 9.59 Å². The lowest BCUT2D eigenvalue weighted by atomic mass is 10.2. The monoisotopic (exact) mass is 469 g/mol. The molecule has 2 amide bonds. The average molecular weight is 470 g/mol. The molecule has 0 atom stereocenters. The second-order valence-corrected chi connectivity index (χ2v) is 8.31. The maximum absolute atomic E-state index is 13.0. The van der Waals surface area contributed by atoms with Crippen molar-refractivity contribution in [2.24, 2.45) is 0 Å². The van der Waals surface area contributed by atoms with E-state index in [4.69, 9.17) is 8.83 Å². The molecule has 0 saturated heterocycles. The van der Waals surface area contributed by atoms with E-state index in [1.54, 1.807) is 42.8 Å². The first-order valence-electron chi connectivity index (χ1n) is 9.51. The highest BCUT2D eigenvalue weighted by Crippen LogP contribution is 2.29. The van der Waals surface area contributed by atoms with E-state index in [1.165, 1.54) is 30.0 Å². The van der Waals surface area contributed by atoms with Gasteiger partial charge in [0.25, 0.3) is 5.91 Å². The number of nitrogens with one attached hydrogen (secondary N) is 2. The van der Waals surface area contributed by atoms with Crippen molar-refractivity contribution in [3.8, 4) is 23.0 Å². The summed E-state index contributed by atoms with van der Waals surface area (Å²) >= 11 is 2.64. The SMILES string of the molecule is CSc1nc(-c2ccco2)nc(C)c1C(=O)Nc1nc(-c2ccc(CNC(C)=O)o2)cs1. The predicted molar refractivity (Wildman–Crippen MR) is 122 cm³/mol. The molecule has 0 bridgehead atoms. The molecule has 4 aromatic heterocycles. The van der Waals surface area contributed by atoms with Crippen LogP contribution in [0.5, 0.6) is 0 Å². The lowest BCUT2D eigenvalue weighted by Crippen LogP contribution is -2.18. The van der Waals surface area contributed by atoms with Gasteiger partial charge < -0.3 is 14.2 Å². The molecule has 2 N–H and O–H groups in total. The Bertz CT molecular complexity index is 1260. The van der Waals surface area contributed by atoms with Crippen molar-refractivity contribution in [1.29, 1.82) is 0 Å². The van der Waals surface area contributed by atoms with Gasteiger partial charge in [-0.1, -0.05) is 0 Å². The summed E-state index contributed by atoms with van der Waals surface area (Å²) < 4.78 is 11.1. The summed E-state index contributed by atoms with van der Waals surface area (Å²) in [4.78, 5) is 37.4. The van der Waals surface area contributed by atoms with Crippen molar-refractivity contribution in [3.63, 3.8) is 0 Å². The highest BCUT2D eigenvalue weighted by Gasteiger charge is 2.21. The minimum atomic E-state index is -0.343. The number of carbonyl (C=O) groups excluding carboxylic acids is 2. The maximum Gasteiger partial charge on any atom is 0.262 e. The number of anilines is 1. The third kappa shape index (κ3) is 4.73. The first-order chi connectivity index (χ1) is 15.4. The zero-order valence-electron chi connectivity index (χ0n) is 17.5. The summed E-state index contributed by atoms with van der Waals surface area (Å²) in [7, 11) is 0. The molecule has 0 aliphatic carbocycles. The van der Waals surface area contributed by atoms with Crippen LogP contribution >= 0.6 is 23.1 Å². The van der Waals surface area contributed by atoms with Gasteiger partial charge in [-0.3, -0.25) is 14.9 Å². The third-order valence-corrected chi connectivity index (χ3v) is 5.81. The number of amides is 2. The van der Waals surface area contributed by atoms with Gasteiger partial charge >= 0.3 is 0 Å². The smallest absolute Gasteiger partial charge is 0.262 e. The van der Waals surface area contributed by atoms with Gasteiger partial charge in [0, 0.05) is 12.3 Å². The Morgan fingerprint density at radius 3 is 2.72 bits per heavy atom. The van der Waals surface area contributed by atoms with Crippen molar-refractivity contribution in [1.82, 2.24) is 20.3 Å². The molecule has 0 spiro atoms. The highest BCUT2D eigenvalue weighted by atomic mass is 32.2. The molecule has 0 fully saturated rings. The number of carbonyl (C=O) groups is 2. The molecule has 4 heterocycles. The molecule has 0 unspecified atom stereocenters. The summed E-state index contributed by atoms with van der Waals surface area (Å²) in [6, 6.07) is 7.07. The number of aromatic nitrogens is 3. The van der Waals surface area contributed by atoms with Gasteiger partial charge in [0.1, 0.15) is 16.5 Å². The number of hydrogen-bond acceptors (Lipinski definition) is 9. The van der Waals surface area contributed by atoms with Gasteiger partial charge in [0.05, 0.1) is 24.1 Å². The molecule has 4 aromatic rings. The molecule has 0 aliphatic rings. The normalized spacial score (nSPS) is 10.8. The standard InChI is InChI=1S/C21H19N5O4S2/c1-11-17(20(31-3)25-18(23-11)16-5-4-8-29-16)19(28)26-21-24-14(10-32-21)15-7-6-13(30-15)9-22-12(2)27/h4-8,10H,9H2,1-3H3,(H,22,27)(H,24,26,28). The van der Waals surface area contributed by atoms with E-state index in [-0.39, 0.29) is 11.8 Å². The predicted octanol–water partition coefficient (Wildman–Crippen LogP) is 4.37. The topological polar surface area (TPSA) is 123 Å². The summed E-state index contributed by atoms with van der Waals surface area (Å²) in [5.74, 6) is 1.65. The minimum absolute atomic E-state index is 0.136. The second kappa shape index (κ2) is 9.37. The fraction of sp³-hybridized carbons (Fsp3) is 0.190. The van der Waals surface area contributed by atoms with Gasteiger partial charge in [0.2, 0.25) is 5.91 Å². The number of hydrogen-bond donors (Lipinski definition) is 2. The Kier molecular flexibility index (Phi) is 6.37. The Labute approximate surface area is 191 Å². The minimum Gasteiger partial charge on any atom is -0.461 e. The van der Waals surface area contributed by atoms with Crippen LogP contribution < -0.4 is 10.6 Å². The molecule has 0 aromatic carbocycles.